The van der Waals surface area contributed by atoms with Crippen LogP contribution >= 0.6 is 0 Å². The van der Waals surface area contributed by atoms with E-state index in [1.54, 1.807) is 12.3 Å². The van der Waals surface area contributed by atoms with Crippen LogP contribution in [0.3, 0.4) is 0 Å². The number of hydrogen-bond acceptors (Lipinski definition) is 2. The van der Waals surface area contributed by atoms with E-state index in [0.717, 1.165) is 29.7 Å². The van der Waals surface area contributed by atoms with Crippen molar-refractivity contribution >= 4 is 11.9 Å². The summed E-state index contributed by atoms with van der Waals surface area (Å²) in [6.07, 6.45) is 12.8. The number of aromatic nitrogens is 1. The molecule has 0 saturated heterocycles. The van der Waals surface area contributed by atoms with E-state index in [1.165, 1.54) is 12.1 Å². The van der Waals surface area contributed by atoms with Crippen molar-refractivity contribution in [3.63, 3.8) is 0 Å². The molecule has 4 rings (SSSR count). The molecule has 126 valence electrons. The number of ketones is 1. The van der Waals surface area contributed by atoms with Crippen molar-refractivity contribution in [3.8, 4) is 11.1 Å². The molecule has 3 heteroatoms. The SMILES string of the molecule is O=C1C[C@H]2CC=CC[C@H]2[C@@H]1/C=C/c1ccc(-c2cccc(F)c2)cn1. The van der Waals surface area contributed by atoms with Crippen LogP contribution < -0.4 is 0 Å². The van der Waals surface area contributed by atoms with E-state index in [2.05, 4.69) is 17.1 Å². The number of carbonyl (C=O) groups is 1. The number of nitrogens with zero attached hydrogens (tertiary/aromatic N) is 1. The average molecular weight is 333 g/mol. The lowest BCUT2D eigenvalue weighted by Crippen LogP contribution is -2.17. The Kier molecular flexibility index (Phi) is 4.31. The van der Waals surface area contributed by atoms with Crippen molar-refractivity contribution in [2.45, 2.75) is 19.3 Å². The van der Waals surface area contributed by atoms with Gasteiger partial charge in [-0.3, -0.25) is 9.78 Å². The summed E-state index contributed by atoms with van der Waals surface area (Å²) in [5, 5.41) is 0. The van der Waals surface area contributed by atoms with Gasteiger partial charge in [-0.15, -0.1) is 0 Å². The molecule has 2 aliphatic carbocycles. The maximum absolute atomic E-state index is 13.3. The quantitative estimate of drug-likeness (QED) is 0.734. The Bertz CT molecular complexity index is 837. The smallest absolute Gasteiger partial charge is 0.140 e. The lowest BCUT2D eigenvalue weighted by molar-refractivity contribution is -0.119. The van der Waals surface area contributed by atoms with Crippen LogP contribution in [0.2, 0.25) is 0 Å². The van der Waals surface area contributed by atoms with Crippen molar-refractivity contribution in [2.75, 3.05) is 0 Å². The van der Waals surface area contributed by atoms with Gasteiger partial charge in [0.25, 0.3) is 0 Å². The van der Waals surface area contributed by atoms with Crippen LogP contribution in [-0.2, 0) is 4.79 Å². The minimum absolute atomic E-state index is 0.0136. The molecule has 2 aromatic rings. The van der Waals surface area contributed by atoms with Gasteiger partial charge in [0, 0.05) is 24.1 Å². The van der Waals surface area contributed by atoms with Crippen molar-refractivity contribution < 1.29 is 9.18 Å². The first-order valence-corrected chi connectivity index (χ1v) is 8.78. The Labute approximate surface area is 147 Å². The number of hydrogen-bond donors (Lipinski definition) is 0. The Morgan fingerprint density at radius 1 is 1.08 bits per heavy atom. The number of carbonyl (C=O) groups excluding carboxylic acids is 1. The predicted octanol–water partition coefficient (Wildman–Crippen LogP) is 5.07. The second kappa shape index (κ2) is 6.75. The van der Waals surface area contributed by atoms with E-state index in [1.807, 2.05) is 30.4 Å². The number of Topliss-reactive ketones (excluding diaryl/α,β-unsaturated/α-hetero) is 1. The summed E-state index contributed by atoms with van der Waals surface area (Å²) in [4.78, 5) is 16.7. The molecule has 1 saturated carbocycles. The number of rotatable bonds is 3. The first kappa shape index (κ1) is 15.9. The van der Waals surface area contributed by atoms with Crippen LogP contribution in [0.1, 0.15) is 25.0 Å². The van der Waals surface area contributed by atoms with Crippen LogP contribution in [0.4, 0.5) is 4.39 Å². The molecule has 2 aliphatic rings. The molecule has 25 heavy (non-hydrogen) atoms. The van der Waals surface area contributed by atoms with E-state index >= 15 is 0 Å². The Hall–Kier alpha value is -2.55. The maximum Gasteiger partial charge on any atom is 0.140 e. The second-order valence-corrected chi connectivity index (χ2v) is 6.90. The van der Waals surface area contributed by atoms with Gasteiger partial charge in [-0.25, -0.2) is 4.39 Å². The van der Waals surface area contributed by atoms with Gasteiger partial charge in [-0.1, -0.05) is 36.4 Å². The molecular formula is C22H20FNO. The first-order chi connectivity index (χ1) is 12.2. The molecule has 0 bridgehead atoms. The summed E-state index contributed by atoms with van der Waals surface area (Å²) in [6, 6.07) is 10.3. The van der Waals surface area contributed by atoms with Crippen LogP contribution in [0.15, 0.2) is 60.8 Å². The number of halogens is 1. The second-order valence-electron chi connectivity index (χ2n) is 6.90. The third-order valence-corrected chi connectivity index (χ3v) is 5.33. The van der Waals surface area contributed by atoms with E-state index < -0.39 is 0 Å². The molecule has 0 spiro atoms. The Morgan fingerprint density at radius 3 is 2.76 bits per heavy atom. The molecule has 3 atom stereocenters. The summed E-state index contributed by atoms with van der Waals surface area (Å²) in [7, 11) is 0. The summed E-state index contributed by atoms with van der Waals surface area (Å²) in [5.41, 5.74) is 2.51. The van der Waals surface area contributed by atoms with Crippen molar-refractivity contribution in [1.82, 2.24) is 4.98 Å². The normalized spacial score (nSPS) is 25.5. The van der Waals surface area contributed by atoms with Crippen molar-refractivity contribution in [2.24, 2.45) is 17.8 Å². The first-order valence-electron chi connectivity index (χ1n) is 8.78. The van der Waals surface area contributed by atoms with Crippen LogP contribution in [0, 0.1) is 23.6 Å². The van der Waals surface area contributed by atoms with E-state index in [0.29, 0.717) is 24.0 Å². The number of allylic oxidation sites excluding steroid dienone is 3. The van der Waals surface area contributed by atoms with Gasteiger partial charge in [0.05, 0.1) is 5.69 Å². The minimum Gasteiger partial charge on any atom is -0.299 e. The molecule has 0 unspecified atom stereocenters. The highest BCUT2D eigenvalue weighted by Crippen LogP contribution is 2.42. The van der Waals surface area contributed by atoms with Crippen molar-refractivity contribution in [1.29, 1.82) is 0 Å². The highest BCUT2D eigenvalue weighted by Gasteiger charge is 2.40. The van der Waals surface area contributed by atoms with Gasteiger partial charge in [-0.2, -0.15) is 0 Å². The predicted molar refractivity (Wildman–Crippen MR) is 97.1 cm³/mol. The van der Waals surface area contributed by atoms with Crippen LogP contribution in [-0.4, -0.2) is 10.8 Å². The molecule has 1 fully saturated rings. The van der Waals surface area contributed by atoms with E-state index in [-0.39, 0.29) is 11.7 Å². The Morgan fingerprint density at radius 2 is 1.96 bits per heavy atom. The fourth-order valence-corrected chi connectivity index (χ4v) is 3.99. The highest BCUT2D eigenvalue weighted by molar-refractivity contribution is 5.86. The fraction of sp³-hybridized carbons (Fsp3) is 0.273. The van der Waals surface area contributed by atoms with Crippen molar-refractivity contribution in [3.05, 3.63) is 72.3 Å². The molecule has 0 aliphatic heterocycles. The summed E-state index contributed by atoms with van der Waals surface area (Å²) >= 11 is 0. The largest absolute Gasteiger partial charge is 0.299 e. The molecule has 0 amide bonds. The van der Waals surface area contributed by atoms with Gasteiger partial charge >= 0.3 is 0 Å². The zero-order valence-corrected chi connectivity index (χ0v) is 13.9. The zero-order chi connectivity index (χ0) is 17.2. The molecule has 1 aromatic heterocycles. The average Bonchev–Trinajstić information content (AvgIpc) is 2.95. The highest BCUT2D eigenvalue weighted by atomic mass is 19.1. The topological polar surface area (TPSA) is 30.0 Å². The zero-order valence-electron chi connectivity index (χ0n) is 13.9. The molecule has 1 heterocycles. The number of pyridine rings is 1. The molecule has 0 N–H and O–H groups in total. The molecule has 2 nitrogen and oxygen atoms in total. The van der Waals surface area contributed by atoms with Gasteiger partial charge in [-0.05, 0) is 54.5 Å². The summed E-state index contributed by atoms with van der Waals surface area (Å²) < 4.78 is 13.3. The maximum atomic E-state index is 13.3. The molecular weight excluding hydrogens is 313 g/mol. The standard InChI is InChI=1S/C22H20FNO/c23-18-6-3-5-15(12-18)17-8-9-19(24-14-17)10-11-21-20-7-2-1-4-16(20)13-22(21)25/h1-3,5-6,8-12,14,16,20-21H,4,7,13H2/b11-10+/t16-,20-,21+/m1/s1. The number of fused-ring (bicyclic) bond motifs is 1. The summed E-state index contributed by atoms with van der Waals surface area (Å²) in [5.74, 6) is 1.07. The molecule has 1 aromatic carbocycles. The van der Waals surface area contributed by atoms with Crippen LogP contribution in [0.25, 0.3) is 17.2 Å². The van der Waals surface area contributed by atoms with Gasteiger partial charge in [0.2, 0.25) is 0 Å². The van der Waals surface area contributed by atoms with Crippen LogP contribution in [0.5, 0.6) is 0 Å². The third kappa shape index (κ3) is 3.32. The van der Waals surface area contributed by atoms with Gasteiger partial charge in [0.15, 0.2) is 0 Å². The summed E-state index contributed by atoms with van der Waals surface area (Å²) in [6.45, 7) is 0. The van der Waals surface area contributed by atoms with Gasteiger partial charge < -0.3 is 0 Å². The fourth-order valence-electron chi connectivity index (χ4n) is 3.99. The lowest BCUT2D eigenvalue weighted by Gasteiger charge is -2.22. The monoisotopic (exact) mass is 333 g/mol. The van der Waals surface area contributed by atoms with Gasteiger partial charge in [0.1, 0.15) is 11.6 Å². The Balaban J connectivity index is 1.50. The van der Waals surface area contributed by atoms with E-state index in [4.69, 9.17) is 0 Å². The molecule has 0 radical (unpaired) electrons. The third-order valence-electron chi connectivity index (χ3n) is 5.33. The minimum atomic E-state index is -0.252. The lowest BCUT2D eigenvalue weighted by atomic mass is 9.81. The number of benzene rings is 1. The van der Waals surface area contributed by atoms with E-state index in [9.17, 15) is 9.18 Å².